The summed E-state index contributed by atoms with van der Waals surface area (Å²) in [6, 6.07) is 4.23. The Balaban J connectivity index is 1.48. The second-order valence-electron chi connectivity index (χ2n) is 7.12. The van der Waals surface area contributed by atoms with Crippen LogP contribution in [0.3, 0.4) is 0 Å². The Labute approximate surface area is 153 Å². The molecule has 0 aromatic heterocycles. The highest BCUT2D eigenvalue weighted by Gasteiger charge is 2.24. The number of nitrogens with one attached hydrogen (secondary N) is 1. The van der Waals surface area contributed by atoms with Gasteiger partial charge < -0.3 is 10.1 Å². The van der Waals surface area contributed by atoms with Gasteiger partial charge in [-0.25, -0.2) is 4.39 Å². The first-order valence-electron chi connectivity index (χ1n) is 9.19. The van der Waals surface area contributed by atoms with Crippen molar-refractivity contribution in [3.63, 3.8) is 0 Å². The fraction of sp³-hybridized carbons (Fsp3) is 0.632. The molecule has 0 bridgehead atoms. The number of carbonyl (C=O) groups is 1. The number of halogens is 2. The lowest BCUT2D eigenvalue weighted by molar-refractivity contribution is -0.116. The van der Waals surface area contributed by atoms with Crippen LogP contribution >= 0.6 is 11.6 Å². The molecule has 1 unspecified atom stereocenters. The van der Waals surface area contributed by atoms with Crippen LogP contribution < -0.4 is 5.32 Å². The maximum absolute atomic E-state index is 13.2. The van der Waals surface area contributed by atoms with Gasteiger partial charge in [0.15, 0.2) is 0 Å². The van der Waals surface area contributed by atoms with Crippen LogP contribution in [0.15, 0.2) is 18.2 Å². The lowest BCUT2D eigenvalue weighted by Crippen LogP contribution is -2.39. The SMILES string of the molecule is O=C(CCN(CC1CCC1)CC1CCCO1)Nc1ccc(F)c(Cl)c1. The summed E-state index contributed by atoms with van der Waals surface area (Å²) < 4.78 is 18.9. The number of carbonyl (C=O) groups excluding carboxylic acids is 1. The smallest absolute Gasteiger partial charge is 0.225 e. The van der Waals surface area contributed by atoms with E-state index in [1.165, 1.54) is 37.5 Å². The van der Waals surface area contributed by atoms with E-state index >= 15 is 0 Å². The van der Waals surface area contributed by atoms with Crippen LogP contribution in [-0.4, -0.2) is 43.2 Å². The van der Waals surface area contributed by atoms with E-state index in [2.05, 4.69) is 10.2 Å². The molecular formula is C19H26ClFN2O2. The fourth-order valence-electron chi connectivity index (χ4n) is 3.43. The summed E-state index contributed by atoms with van der Waals surface area (Å²) >= 11 is 5.75. The van der Waals surface area contributed by atoms with E-state index in [4.69, 9.17) is 16.3 Å². The molecule has 1 N–H and O–H groups in total. The third-order valence-electron chi connectivity index (χ3n) is 5.09. The molecule has 4 nitrogen and oxygen atoms in total. The molecule has 3 rings (SSSR count). The summed E-state index contributed by atoms with van der Waals surface area (Å²) in [5.74, 6) is 0.205. The van der Waals surface area contributed by atoms with Gasteiger partial charge in [0.1, 0.15) is 5.82 Å². The molecule has 2 fully saturated rings. The van der Waals surface area contributed by atoms with Gasteiger partial charge in [-0.1, -0.05) is 18.0 Å². The first-order chi connectivity index (χ1) is 12.1. The van der Waals surface area contributed by atoms with Crippen molar-refractivity contribution in [1.82, 2.24) is 4.90 Å². The summed E-state index contributed by atoms with van der Waals surface area (Å²) in [5, 5.41) is 2.81. The molecular weight excluding hydrogens is 343 g/mol. The Hall–Kier alpha value is -1.17. The van der Waals surface area contributed by atoms with E-state index in [0.717, 1.165) is 45.0 Å². The minimum absolute atomic E-state index is 0.0165. The highest BCUT2D eigenvalue weighted by molar-refractivity contribution is 6.31. The maximum Gasteiger partial charge on any atom is 0.225 e. The molecule has 0 spiro atoms. The van der Waals surface area contributed by atoms with Crippen LogP contribution in [0.25, 0.3) is 0 Å². The van der Waals surface area contributed by atoms with Crippen molar-refractivity contribution in [2.75, 3.05) is 31.6 Å². The van der Waals surface area contributed by atoms with Gasteiger partial charge in [0.25, 0.3) is 0 Å². The largest absolute Gasteiger partial charge is 0.377 e. The van der Waals surface area contributed by atoms with Gasteiger partial charge in [0.05, 0.1) is 11.1 Å². The van der Waals surface area contributed by atoms with E-state index in [9.17, 15) is 9.18 Å². The van der Waals surface area contributed by atoms with Crippen molar-refractivity contribution in [3.8, 4) is 0 Å². The third kappa shape index (κ3) is 5.66. The number of amides is 1. The zero-order chi connectivity index (χ0) is 17.6. The second kappa shape index (κ2) is 8.97. The normalized spacial score (nSPS) is 20.7. The van der Waals surface area contributed by atoms with Crippen LogP contribution in [0.5, 0.6) is 0 Å². The van der Waals surface area contributed by atoms with Crippen molar-refractivity contribution in [2.24, 2.45) is 5.92 Å². The lowest BCUT2D eigenvalue weighted by Gasteiger charge is -2.33. The third-order valence-corrected chi connectivity index (χ3v) is 5.38. The standard InChI is InChI=1S/C19H26ClFN2O2/c20-17-11-15(6-7-18(17)21)22-19(24)8-9-23(12-14-3-1-4-14)13-16-5-2-10-25-16/h6-7,11,14,16H,1-5,8-10,12-13H2,(H,22,24). The van der Waals surface area contributed by atoms with E-state index in [1.807, 2.05) is 0 Å². The van der Waals surface area contributed by atoms with Crippen molar-refractivity contribution in [2.45, 2.75) is 44.6 Å². The van der Waals surface area contributed by atoms with Crippen LogP contribution in [-0.2, 0) is 9.53 Å². The Morgan fingerprint density at radius 2 is 2.12 bits per heavy atom. The highest BCUT2D eigenvalue weighted by atomic mass is 35.5. The predicted octanol–water partition coefficient (Wildman–Crippen LogP) is 4.09. The van der Waals surface area contributed by atoms with Gasteiger partial charge in [-0.05, 0) is 49.8 Å². The van der Waals surface area contributed by atoms with E-state index in [-0.39, 0.29) is 10.9 Å². The van der Waals surface area contributed by atoms with Crippen LogP contribution in [0.1, 0.15) is 38.5 Å². The maximum atomic E-state index is 13.2. The molecule has 1 saturated carbocycles. The number of ether oxygens (including phenoxy) is 1. The number of rotatable bonds is 8. The quantitative estimate of drug-likeness (QED) is 0.751. The van der Waals surface area contributed by atoms with Crippen LogP contribution in [0.4, 0.5) is 10.1 Å². The Morgan fingerprint density at radius 1 is 1.28 bits per heavy atom. The molecule has 138 valence electrons. The summed E-state index contributed by atoms with van der Waals surface area (Å²) in [4.78, 5) is 14.6. The van der Waals surface area contributed by atoms with Gasteiger partial charge in [0, 0.05) is 38.3 Å². The Morgan fingerprint density at radius 3 is 2.76 bits per heavy atom. The van der Waals surface area contributed by atoms with E-state index in [1.54, 1.807) is 0 Å². The van der Waals surface area contributed by atoms with Gasteiger partial charge in [-0.3, -0.25) is 9.69 Å². The Kier molecular flexibility index (Phi) is 6.68. The van der Waals surface area contributed by atoms with Gasteiger partial charge >= 0.3 is 0 Å². The lowest BCUT2D eigenvalue weighted by atomic mass is 9.85. The number of nitrogens with zero attached hydrogens (tertiary/aromatic N) is 1. The van der Waals surface area contributed by atoms with E-state index in [0.29, 0.717) is 18.2 Å². The predicted molar refractivity (Wildman–Crippen MR) is 97.4 cm³/mol. The minimum atomic E-state index is -0.483. The molecule has 1 heterocycles. The van der Waals surface area contributed by atoms with Crippen molar-refractivity contribution in [3.05, 3.63) is 29.0 Å². The molecule has 1 amide bonds. The van der Waals surface area contributed by atoms with Gasteiger partial charge in [-0.15, -0.1) is 0 Å². The summed E-state index contributed by atoms with van der Waals surface area (Å²) in [5.41, 5.74) is 0.529. The number of benzene rings is 1. The number of anilines is 1. The minimum Gasteiger partial charge on any atom is -0.377 e. The molecule has 1 aliphatic carbocycles. The molecule has 1 aromatic carbocycles. The molecule has 1 aromatic rings. The van der Waals surface area contributed by atoms with Gasteiger partial charge in [0.2, 0.25) is 5.91 Å². The first-order valence-corrected chi connectivity index (χ1v) is 9.57. The summed E-state index contributed by atoms with van der Waals surface area (Å²) in [6.45, 7) is 3.53. The van der Waals surface area contributed by atoms with Gasteiger partial charge in [-0.2, -0.15) is 0 Å². The van der Waals surface area contributed by atoms with Crippen LogP contribution in [0, 0.1) is 11.7 Å². The van der Waals surface area contributed by atoms with Crippen molar-refractivity contribution in [1.29, 1.82) is 0 Å². The average molecular weight is 369 g/mol. The molecule has 1 atom stereocenters. The van der Waals surface area contributed by atoms with E-state index < -0.39 is 5.82 Å². The molecule has 25 heavy (non-hydrogen) atoms. The molecule has 2 aliphatic rings. The number of hydrogen-bond acceptors (Lipinski definition) is 3. The summed E-state index contributed by atoms with van der Waals surface area (Å²) in [7, 11) is 0. The summed E-state index contributed by atoms with van der Waals surface area (Å²) in [6.07, 6.45) is 6.87. The van der Waals surface area contributed by atoms with Crippen molar-refractivity contribution >= 4 is 23.2 Å². The Bertz CT molecular complexity index is 589. The molecule has 1 saturated heterocycles. The molecule has 6 heteroatoms. The highest BCUT2D eigenvalue weighted by Crippen LogP contribution is 2.28. The van der Waals surface area contributed by atoms with Crippen molar-refractivity contribution < 1.29 is 13.9 Å². The zero-order valence-corrected chi connectivity index (χ0v) is 15.2. The fourth-order valence-corrected chi connectivity index (χ4v) is 3.61. The van der Waals surface area contributed by atoms with Crippen LogP contribution in [0.2, 0.25) is 5.02 Å². The zero-order valence-electron chi connectivity index (χ0n) is 14.5. The first kappa shape index (κ1) is 18.6. The second-order valence-corrected chi connectivity index (χ2v) is 7.53. The number of hydrogen-bond donors (Lipinski definition) is 1. The molecule has 0 radical (unpaired) electrons. The topological polar surface area (TPSA) is 41.6 Å². The monoisotopic (exact) mass is 368 g/mol. The average Bonchev–Trinajstić information content (AvgIpc) is 3.05. The molecule has 1 aliphatic heterocycles.